The SMILES string of the molecule is CCCNC(=O)c1ccccc1NC(=O)c1cc2cnn(C(C)C)c2nc1C. The summed E-state index contributed by atoms with van der Waals surface area (Å²) in [6, 6.07) is 8.94. The molecule has 0 fully saturated rings. The summed E-state index contributed by atoms with van der Waals surface area (Å²) < 4.78 is 1.83. The summed E-state index contributed by atoms with van der Waals surface area (Å²) in [6.07, 6.45) is 2.56. The van der Waals surface area contributed by atoms with E-state index in [1.165, 1.54) is 0 Å². The number of para-hydroxylation sites is 1. The van der Waals surface area contributed by atoms with Crippen LogP contribution in [0.3, 0.4) is 0 Å². The number of aryl methyl sites for hydroxylation is 1. The predicted molar refractivity (Wildman–Crippen MR) is 110 cm³/mol. The largest absolute Gasteiger partial charge is 0.352 e. The number of anilines is 1. The summed E-state index contributed by atoms with van der Waals surface area (Å²) in [4.78, 5) is 29.8. The van der Waals surface area contributed by atoms with E-state index in [4.69, 9.17) is 0 Å². The first-order chi connectivity index (χ1) is 13.4. The number of nitrogens with one attached hydrogen (secondary N) is 2. The van der Waals surface area contributed by atoms with E-state index >= 15 is 0 Å². The van der Waals surface area contributed by atoms with E-state index in [0.717, 1.165) is 17.5 Å². The smallest absolute Gasteiger partial charge is 0.257 e. The number of benzene rings is 1. The summed E-state index contributed by atoms with van der Waals surface area (Å²) in [5, 5.41) is 10.8. The average Bonchev–Trinajstić information content (AvgIpc) is 3.08. The zero-order valence-corrected chi connectivity index (χ0v) is 16.6. The second kappa shape index (κ2) is 8.21. The molecule has 0 saturated carbocycles. The highest BCUT2D eigenvalue weighted by Crippen LogP contribution is 2.21. The van der Waals surface area contributed by atoms with Crippen LogP contribution in [0.15, 0.2) is 36.5 Å². The van der Waals surface area contributed by atoms with Crippen molar-refractivity contribution in [2.45, 2.75) is 40.2 Å². The van der Waals surface area contributed by atoms with E-state index in [9.17, 15) is 9.59 Å². The van der Waals surface area contributed by atoms with Crippen molar-refractivity contribution in [2.75, 3.05) is 11.9 Å². The van der Waals surface area contributed by atoms with Gasteiger partial charge in [0.25, 0.3) is 11.8 Å². The Balaban J connectivity index is 1.90. The molecule has 1 aromatic carbocycles. The second-order valence-corrected chi connectivity index (χ2v) is 6.97. The fourth-order valence-electron chi connectivity index (χ4n) is 2.99. The zero-order valence-electron chi connectivity index (χ0n) is 16.6. The second-order valence-electron chi connectivity index (χ2n) is 6.97. The Labute approximate surface area is 164 Å². The number of pyridine rings is 1. The van der Waals surface area contributed by atoms with Crippen molar-refractivity contribution in [3.8, 4) is 0 Å². The standard InChI is InChI=1S/C21H25N5O2/c1-5-10-22-20(27)16-8-6-7-9-18(16)25-21(28)17-11-15-12-23-26(13(2)3)19(15)24-14(17)4/h6-9,11-13H,5,10H2,1-4H3,(H,22,27)(H,25,28). The molecule has 0 aliphatic rings. The number of carbonyl (C=O) groups excluding carboxylic acids is 2. The average molecular weight is 379 g/mol. The fourth-order valence-corrected chi connectivity index (χ4v) is 2.99. The van der Waals surface area contributed by atoms with Crippen LogP contribution < -0.4 is 10.6 Å². The van der Waals surface area contributed by atoms with Crippen LogP contribution in [-0.2, 0) is 0 Å². The van der Waals surface area contributed by atoms with Crippen LogP contribution in [0.5, 0.6) is 0 Å². The van der Waals surface area contributed by atoms with Gasteiger partial charge in [-0.15, -0.1) is 0 Å². The lowest BCUT2D eigenvalue weighted by atomic mass is 10.1. The van der Waals surface area contributed by atoms with Crippen LogP contribution in [0.1, 0.15) is 59.6 Å². The Kier molecular flexibility index (Phi) is 5.73. The molecule has 0 saturated heterocycles. The number of nitrogens with zero attached hydrogens (tertiary/aromatic N) is 3. The van der Waals surface area contributed by atoms with Gasteiger partial charge in [-0.1, -0.05) is 19.1 Å². The predicted octanol–water partition coefficient (Wildman–Crippen LogP) is 3.71. The van der Waals surface area contributed by atoms with Gasteiger partial charge in [-0.2, -0.15) is 5.10 Å². The summed E-state index contributed by atoms with van der Waals surface area (Å²) in [5.74, 6) is -0.513. The molecule has 2 heterocycles. The highest BCUT2D eigenvalue weighted by atomic mass is 16.2. The van der Waals surface area contributed by atoms with Gasteiger partial charge in [0, 0.05) is 18.0 Å². The molecule has 2 amide bonds. The third-order valence-corrected chi connectivity index (χ3v) is 4.45. The third kappa shape index (κ3) is 3.88. The molecule has 0 atom stereocenters. The highest BCUT2D eigenvalue weighted by molar-refractivity contribution is 6.10. The van der Waals surface area contributed by atoms with E-state index in [-0.39, 0.29) is 17.9 Å². The molecule has 3 rings (SSSR count). The molecule has 0 aliphatic carbocycles. The molecule has 3 aromatic rings. The van der Waals surface area contributed by atoms with Crippen molar-refractivity contribution < 1.29 is 9.59 Å². The summed E-state index contributed by atoms with van der Waals surface area (Å²) >= 11 is 0. The molecule has 0 aliphatic heterocycles. The van der Waals surface area contributed by atoms with Gasteiger partial charge in [0.2, 0.25) is 0 Å². The molecular weight excluding hydrogens is 354 g/mol. The monoisotopic (exact) mass is 379 g/mol. The maximum atomic E-state index is 12.9. The van der Waals surface area contributed by atoms with Crippen molar-refractivity contribution in [2.24, 2.45) is 0 Å². The fraction of sp³-hybridized carbons (Fsp3) is 0.333. The number of amides is 2. The number of hydrogen-bond donors (Lipinski definition) is 2. The first-order valence-electron chi connectivity index (χ1n) is 9.45. The van der Waals surface area contributed by atoms with Crippen LogP contribution in [0.4, 0.5) is 5.69 Å². The van der Waals surface area contributed by atoms with Gasteiger partial charge in [-0.25, -0.2) is 9.67 Å². The first-order valence-corrected chi connectivity index (χ1v) is 9.45. The normalized spacial score (nSPS) is 11.0. The topological polar surface area (TPSA) is 88.9 Å². The van der Waals surface area contributed by atoms with Crippen molar-refractivity contribution in [3.63, 3.8) is 0 Å². The number of rotatable bonds is 6. The van der Waals surface area contributed by atoms with Gasteiger partial charge in [0.15, 0.2) is 5.65 Å². The van der Waals surface area contributed by atoms with Gasteiger partial charge in [-0.05, 0) is 45.4 Å². The molecule has 0 spiro atoms. The molecule has 146 valence electrons. The van der Waals surface area contributed by atoms with E-state index < -0.39 is 0 Å². The molecule has 7 nitrogen and oxygen atoms in total. The Bertz CT molecular complexity index is 1020. The van der Waals surface area contributed by atoms with Crippen LogP contribution in [0, 0.1) is 6.92 Å². The molecule has 7 heteroatoms. The van der Waals surface area contributed by atoms with Crippen molar-refractivity contribution in [1.82, 2.24) is 20.1 Å². The highest BCUT2D eigenvalue weighted by Gasteiger charge is 2.18. The van der Waals surface area contributed by atoms with E-state index in [0.29, 0.717) is 29.1 Å². The molecule has 2 N–H and O–H groups in total. The van der Waals surface area contributed by atoms with E-state index in [1.54, 1.807) is 43.5 Å². The summed E-state index contributed by atoms with van der Waals surface area (Å²) in [5.41, 5.74) is 2.73. The number of fused-ring (bicyclic) bond motifs is 1. The first kappa shape index (κ1) is 19.5. The lowest BCUT2D eigenvalue weighted by molar-refractivity contribution is 0.0954. The van der Waals surface area contributed by atoms with Gasteiger partial charge in [0.05, 0.1) is 28.7 Å². The number of carbonyl (C=O) groups is 2. The summed E-state index contributed by atoms with van der Waals surface area (Å²) in [6.45, 7) is 8.43. The van der Waals surface area contributed by atoms with Crippen LogP contribution in [-0.4, -0.2) is 33.1 Å². The molecule has 2 aromatic heterocycles. The van der Waals surface area contributed by atoms with E-state index in [2.05, 4.69) is 20.7 Å². The minimum atomic E-state index is -0.306. The van der Waals surface area contributed by atoms with Crippen molar-refractivity contribution in [3.05, 3.63) is 53.3 Å². The lowest BCUT2D eigenvalue weighted by Gasteiger charge is -2.12. The Morgan fingerprint density at radius 1 is 1.14 bits per heavy atom. The third-order valence-electron chi connectivity index (χ3n) is 4.45. The van der Waals surface area contributed by atoms with Gasteiger partial charge >= 0.3 is 0 Å². The molecular formula is C21H25N5O2. The number of hydrogen-bond acceptors (Lipinski definition) is 4. The quantitative estimate of drug-likeness (QED) is 0.683. The minimum Gasteiger partial charge on any atom is -0.352 e. The van der Waals surface area contributed by atoms with Crippen LogP contribution in [0.25, 0.3) is 11.0 Å². The lowest BCUT2D eigenvalue weighted by Crippen LogP contribution is -2.26. The Morgan fingerprint density at radius 2 is 1.89 bits per heavy atom. The maximum Gasteiger partial charge on any atom is 0.257 e. The molecule has 0 bridgehead atoms. The zero-order chi connectivity index (χ0) is 20.3. The minimum absolute atomic E-state index is 0.178. The van der Waals surface area contributed by atoms with Gasteiger partial charge in [0.1, 0.15) is 0 Å². The van der Waals surface area contributed by atoms with E-state index in [1.807, 2.05) is 25.5 Å². The molecule has 28 heavy (non-hydrogen) atoms. The van der Waals surface area contributed by atoms with Crippen molar-refractivity contribution in [1.29, 1.82) is 0 Å². The summed E-state index contributed by atoms with van der Waals surface area (Å²) in [7, 11) is 0. The van der Waals surface area contributed by atoms with Crippen LogP contribution in [0.2, 0.25) is 0 Å². The van der Waals surface area contributed by atoms with Crippen molar-refractivity contribution >= 4 is 28.5 Å². The Hall–Kier alpha value is -3.22. The Morgan fingerprint density at radius 3 is 2.61 bits per heavy atom. The van der Waals surface area contributed by atoms with Gasteiger partial charge < -0.3 is 10.6 Å². The maximum absolute atomic E-state index is 12.9. The number of aromatic nitrogens is 3. The van der Waals surface area contributed by atoms with Crippen LogP contribution >= 0.6 is 0 Å². The molecule has 0 unspecified atom stereocenters. The molecule has 0 radical (unpaired) electrons. The van der Waals surface area contributed by atoms with Gasteiger partial charge in [-0.3, -0.25) is 9.59 Å².